The third-order valence-electron chi connectivity index (χ3n) is 1.83. The van der Waals surface area contributed by atoms with Crippen molar-refractivity contribution in [3.8, 4) is 0 Å². The number of ether oxygens (including phenoxy) is 1. The maximum absolute atomic E-state index is 11.8. The second-order valence-electron chi connectivity index (χ2n) is 3.20. The van der Waals surface area contributed by atoms with Gasteiger partial charge in [-0.2, -0.15) is 4.72 Å². The van der Waals surface area contributed by atoms with Crippen LogP contribution in [0.25, 0.3) is 0 Å². The minimum atomic E-state index is -3.72. The topological polar surface area (TPSA) is 72.5 Å². The van der Waals surface area contributed by atoms with Gasteiger partial charge in [-0.3, -0.25) is 4.79 Å². The minimum Gasteiger partial charge on any atom is -0.442 e. The van der Waals surface area contributed by atoms with Crippen LogP contribution in [0.4, 0.5) is 0 Å². The number of hydrogen-bond donors (Lipinski definition) is 1. The molecule has 0 aliphatic carbocycles. The van der Waals surface area contributed by atoms with E-state index in [2.05, 4.69) is 11.3 Å². The lowest BCUT2D eigenvalue weighted by molar-refractivity contribution is -0.144. The van der Waals surface area contributed by atoms with Crippen molar-refractivity contribution in [3.05, 3.63) is 43.0 Å². The molecule has 0 heterocycles. The molecule has 0 fully saturated rings. The van der Waals surface area contributed by atoms with Crippen LogP contribution in [-0.2, 0) is 19.6 Å². The van der Waals surface area contributed by atoms with E-state index in [-0.39, 0.29) is 4.90 Å². The third kappa shape index (κ3) is 4.01. The summed E-state index contributed by atoms with van der Waals surface area (Å²) in [5.74, 6) is -0.592. The average molecular weight is 255 g/mol. The van der Waals surface area contributed by atoms with Gasteiger partial charge in [-0.25, -0.2) is 8.42 Å². The van der Waals surface area contributed by atoms with Crippen LogP contribution < -0.4 is 4.72 Å². The van der Waals surface area contributed by atoms with Crippen LogP contribution in [0.1, 0.15) is 6.92 Å². The van der Waals surface area contributed by atoms with E-state index in [0.717, 1.165) is 0 Å². The second-order valence-corrected chi connectivity index (χ2v) is 4.91. The smallest absolute Gasteiger partial charge is 0.304 e. The van der Waals surface area contributed by atoms with Crippen LogP contribution in [0.2, 0.25) is 0 Å². The fourth-order valence-corrected chi connectivity index (χ4v) is 2.22. The lowest BCUT2D eigenvalue weighted by Crippen LogP contribution is -2.36. The molecule has 0 spiro atoms. The molecule has 6 heteroatoms. The van der Waals surface area contributed by atoms with Crippen LogP contribution >= 0.6 is 0 Å². The molecule has 0 bridgehead atoms. The molecule has 92 valence electrons. The Morgan fingerprint density at radius 1 is 1.41 bits per heavy atom. The van der Waals surface area contributed by atoms with E-state index in [1.807, 2.05) is 0 Å². The summed E-state index contributed by atoms with van der Waals surface area (Å²) in [6.07, 6.45) is 0.125. The summed E-state index contributed by atoms with van der Waals surface area (Å²) < 4.78 is 30.6. The highest BCUT2D eigenvalue weighted by molar-refractivity contribution is 7.89. The number of esters is 1. The van der Waals surface area contributed by atoms with Gasteiger partial charge >= 0.3 is 5.97 Å². The number of hydrogen-bond acceptors (Lipinski definition) is 4. The van der Waals surface area contributed by atoms with Crippen molar-refractivity contribution >= 4 is 16.0 Å². The van der Waals surface area contributed by atoms with Crippen molar-refractivity contribution in [2.45, 2.75) is 18.0 Å². The molecular weight excluding hydrogens is 242 g/mol. The number of carbonyl (C=O) groups excluding carboxylic acids is 1. The lowest BCUT2D eigenvalue weighted by Gasteiger charge is -2.14. The molecule has 0 aliphatic heterocycles. The summed E-state index contributed by atoms with van der Waals surface area (Å²) >= 11 is 0. The second kappa shape index (κ2) is 5.60. The van der Waals surface area contributed by atoms with Gasteiger partial charge < -0.3 is 4.74 Å². The number of rotatable bonds is 5. The Kier molecular flexibility index (Phi) is 4.42. The summed E-state index contributed by atoms with van der Waals surface area (Å²) in [4.78, 5) is 10.8. The highest BCUT2D eigenvalue weighted by atomic mass is 32.2. The first kappa shape index (κ1) is 13.4. The van der Waals surface area contributed by atoms with E-state index in [1.54, 1.807) is 18.2 Å². The van der Waals surface area contributed by atoms with Gasteiger partial charge in [0.15, 0.2) is 6.23 Å². The molecule has 17 heavy (non-hydrogen) atoms. The van der Waals surface area contributed by atoms with Crippen molar-refractivity contribution in [1.82, 2.24) is 4.72 Å². The maximum atomic E-state index is 11.8. The SMILES string of the molecule is C=CC(NS(=O)(=O)c1ccccc1)OC(C)=O. The minimum absolute atomic E-state index is 0.0963. The van der Waals surface area contributed by atoms with E-state index in [4.69, 9.17) is 4.74 Å². The number of sulfonamides is 1. The van der Waals surface area contributed by atoms with Gasteiger partial charge in [-0.05, 0) is 18.2 Å². The number of benzene rings is 1. The molecule has 0 radical (unpaired) electrons. The zero-order chi connectivity index (χ0) is 12.9. The highest BCUT2D eigenvalue weighted by Crippen LogP contribution is 2.08. The molecule has 1 rings (SSSR count). The predicted molar refractivity (Wildman–Crippen MR) is 62.5 cm³/mol. The molecule has 0 saturated carbocycles. The Morgan fingerprint density at radius 3 is 2.47 bits per heavy atom. The van der Waals surface area contributed by atoms with Crippen molar-refractivity contribution < 1.29 is 17.9 Å². The van der Waals surface area contributed by atoms with Crippen molar-refractivity contribution in [2.24, 2.45) is 0 Å². The van der Waals surface area contributed by atoms with Crippen molar-refractivity contribution in [3.63, 3.8) is 0 Å². The van der Waals surface area contributed by atoms with Crippen LogP contribution in [0.3, 0.4) is 0 Å². The first-order valence-corrected chi connectivity index (χ1v) is 6.31. The van der Waals surface area contributed by atoms with Crippen molar-refractivity contribution in [1.29, 1.82) is 0 Å². The van der Waals surface area contributed by atoms with Gasteiger partial charge in [0.1, 0.15) is 0 Å². The first-order chi connectivity index (χ1) is 7.95. The summed E-state index contributed by atoms with van der Waals surface area (Å²) in [7, 11) is -3.72. The fourth-order valence-electron chi connectivity index (χ4n) is 1.12. The van der Waals surface area contributed by atoms with E-state index >= 15 is 0 Å². The molecule has 1 aromatic rings. The van der Waals surface area contributed by atoms with Crippen LogP contribution in [0, 0.1) is 0 Å². The summed E-state index contributed by atoms with van der Waals surface area (Å²) in [6.45, 7) is 4.58. The molecule has 0 aliphatic rings. The summed E-state index contributed by atoms with van der Waals surface area (Å²) in [5.41, 5.74) is 0. The molecule has 1 N–H and O–H groups in total. The summed E-state index contributed by atoms with van der Waals surface area (Å²) in [5, 5.41) is 0. The van der Waals surface area contributed by atoms with Gasteiger partial charge in [0.05, 0.1) is 4.90 Å². The zero-order valence-electron chi connectivity index (χ0n) is 9.29. The Hall–Kier alpha value is -1.66. The zero-order valence-corrected chi connectivity index (χ0v) is 10.1. The monoisotopic (exact) mass is 255 g/mol. The molecule has 1 atom stereocenters. The van der Waals surface area contributed by atoms with Crippen LogP contribution in [-0.4, -0.2) is 20.6 Å². The highest BCUT2D eigenvalue weighted by Gasteiger charge is 2.19. The lowest BCUT2D eigenvalue weighted by atomic mass is 10.4. The molecule has 0 amide bonds. The van der Waals surface area contributed by atoms with Crippen LogP contribution in [0.15, 0.2) is 47.9 Å². The quantitative estimate of drug-likeness (QED) is 0.485. The molecule has 0 aromatic heterocycles. The Morgan fingerprint density at radius 2 is 2.00 bits per heavy atom. The first-order valence-electron chi connectivity index (χ1n) is 4.83. The normalized spacial score (nSPS) is 12.8. The molecule has 5 nitrogen and oxygen atoms in total. The van der Waals surface area contributed by atoms with E-state index in [1.165, 1.54) is 25.1 Å². The Bertz CT molecular complexity index is 495. The van der Waals surface area contributed by atoms with E-state index in [0.29, 0.717) is 0 Å². The number of nitrogens with one attached hydrogen (secondary N) is 1. The number of carbonyl (C=O) groups is 1. The molecule has 1 unspecified atom stereocenters. The summed E-state index contributed by atoms with van der Waals surface area (Å²) in [6, 6.07) is 7.79. The maximum Gasteiger partial charge on any atom is 0.304 e. The molecule has 0 saturated heterocycles. The average Bonchev–Trinajstić information content (AvgIpc) is 2.28. The van der Waals surface area contributed by atoms with Gasteiger partial charge in [0.25, 0.3) is 0 Å². The largest absolute Gasteiger partial charge is 0.442 e. The third-order valence-corrected chi connectivity index (χ3v) is 3.27. The van der Waals surface area contributed by atoms with E-state index in [9.17, 15) is 13.2 Å². The van der Waals surface area contributed by atoms with Gasteiger partial charge in [0.2, 0.25) is 10.0 Å². The van der Waals surface area contributed by atoms with Crippen molar-refractivity contribution in [2.75, 3.05) is 0 Å². The fraction of sp³-hybridized carbons (Fsp3) is 0.182. The van der Waals surface area contributed by atoms with Gasteiger partial charge in [-0.1, -0.05) is 24.8 Å². The standard InChI is InChI=1S/C11H13NO4S/c1-3-11(16-9(2)13)12-17(14,15)10-7-5-4-6-8-10/h3-8,11-12H,1H2,2H3. The van der Waals surface area contributed by atoms with E-state index < -0.39 is 22.2 Å². The van der Waals surface area contributed by atoms with Gasteiger partial charge in [0, 0.05) is 6.92 Å². The van der Waals surface area contributed by atoms with Crippen LogP contribution in [0.5, 0.6) is 0 Å². The predicted octanol–water partition coefficient (Wildman–Crippen LogP) is 1.04. The Balaban J connectivity index is 2.86. The molecule has 1 aromatic carbocycles. The molecular formula is C11H13NO4S. The van der Waals surface area contributed by atoms with Gasteiger partial charge in [-0.15, -0.1) is 0 Å². The Labute approximate surface area is 100 Å².